The first kappa shape index (κ1) is 16.6. The molecule has 0 aromatic carbocycles. The van der Waals surface area contributed by atoms with E-state index < -0.39 is 0 Å². The van der Waals surface area contributed by atoms with Crippen molar-refractivity contribution in [1.82, 2.24) is 10.2 Å². The summed E-state index contributed by atoms with van der Waals surface area (Å²) >= 11 is 2.10. The van der Waals surface area contributed by atoms with Gasteiger partial charge in [0.25, 0.3) is 0 Å². The fourth-order valence-corrected chi connectivity index (χ4v) is 4.74. The Bertz CT molecular complexity index is 283. The van der Waals surface area contributed by atoms with E-state index in [1.54, 1.807) is 0 Å². The standard InChI is InChI=1S/C17H34N2S/c1-4-16(5-2)15-19(12-9-13-20-6-3)17(14-18-16)10-7-8-11-17/h18H,4-15H2,1-3H3. The second-order valence-electron chi connectivity index (χ2n) is 6.74. The third-order valence-electron chi connectivity index (χ3n) is 5.77. The predicted molar refractivity (Wildman–Crippen MR) is 91.7 cm³/mol. The minimum absolute atomic E-state index is 0.381. The molecule has 1 saturated carbocycles. The van der Waals surface area contributed by atoms with E-state index in [4.69, 9.17) is 0 Å². The molecule has 1 N–H and O–H groups in total. The molecule has 2 rings (SSSR count). The van der Waals surface area contributed by atoms with Gasteiger partial charge in [0, 0.05) is 24.2 Å². The highest BCUT2D eigenvalue weighted by molar-refractivity contribution is 7.99. The van der Waals surface area contributed by atoms with E-state index in [1.807, 2.05) is 0 Å². The smallest absolute Gasteiger partial charge is 0.0334 e. The first-order chi connectivity index (χ1) is 9.70. The molecular weight excluding hydrogens is 264 g/mol. The lowest BCUT2D eigenvalue weighted by atomic mass is 9.82. The van der Waals surface area contributed by atoms with Gasteiger partial charge in [-0.15, -0.1) is 0 Å². The number of hydrogen-bond donors (Lipinski definition) is 1. The van der Waals surface area contributed by atoms with E-state index in [-0.39, 0.29) is 0 Å². The lowest BCUT2D eigenvalue weighted by Gasteiger charge is -2.53. The van der Waals surface area contributed by atoms with Crippen LogP contribution in [-0.4, -0.2) is 47.1 Å². The second-order valence-corrected chi connectivity index (χ2v) is 8.14. The third kappa shape index (κ3) is 3.53. The van der Waals surface area contributed by atoms with Gasteiger partial charge >= 0.3 is 0 Å². The largest absolute Gasteiger partial charge is 0.308 e. The number of hydrogen-bond acceptors (Lipinski definition) is 3. The van der Waals surface area contributed by atoms with Gasteiger partial charge < -0.3 is 5.32 Å². The van der Waals surface area contributed by atoms with Gasteiger partial charge in [0.1, 0.15) is 0 Å². The molecule has 2 nitrogen and oxygen atoms in total. The van der Waals surface area contributed by atoms with Gasteiger partial charge in [0.15, 0.2) is 0 Å². The molecule has 1 spiro atoms. The van der Waals surface area contributed by atoms with Crippen molar-refractivity contribution in [3.63, 3.8) is 0 Å². The van der Waals surface area contributed by atoms with Crippen LogP contribution in [0.4, 0.5) is 0 Å². The summed E-state index contributed by atoms with van der Waals surface area (Å²) in [4.78, 5) is 2.89. The molecule has 3 heteroatoms. The molecule has 1 aliphatic heterocycles. The van der Waals surface area contributed by atoms with Crippen LogP contribution in [0.5, 0.6) is 0 Å². The van der Waals surface area contributed by atoms with Crippen LogP contribution in [0, 0.1) is 0 Å². The van der Waals surface area contributed by atoms with Crippen molar-refractivity contribution in [3.05, 3.63) is 0 Å². The highest BCUT2D eigenvalue weighted by Crippen LogP contribution is 2.39. The minimum Gasteiger partial charge on any atom is -0.308 e. The monoisotopic (exact) mass is 298 g/mol. The van der Waals surface area contributed by atoms with Gasteiger partial charge in [-0.3, -0.25) is 4.90 Å². The number of piperazine rings is 1. The lowest BCUT2D eigenvalue weighted by molar-refractivity contribution is 0.00462. The normalized spacial score (nSPS) is 25.4. The molecule has 2 fully saturated rings. The van der Waals surface area contributed by atoms with Crippen LogP contribution in [-0.2, 0) is 0 Å². The predicted octanol–water partition coefficient (Wildman–Crippen LogP) is 3.91. The molecule has 0 atom stereocenters. The second kappa shape index (κ2) is 7.51. The molecule has 1 aliphatic carbocycles. The van der Waals surface area contributed by atoms with Crippen LogP contribution in [0.15, 0.2) is 0 Å². The van der Waals surface area contributed by atoms with Crippen LogP contribution in [0.25, 0.3) is 0 Å². The average molecular weight is 299 g/mol. The lowest BCUT2D eigenvalue weighted by Crippen LogP contribution is -2.69. The summed E-state index contributed by atoms with van der Waals surface area (Å²) in [7, 11) is 0. The van der Waals surface area contributed by atoms with Gasteiger partial charge in [0.2, 0.25) is 0 Å². The Balaban J connectivity index is 1.99. The summed E-state index contributed by atoms with van der Waals surface area (Å²) in [6.07, 6.45) is 9.61. The van der Waals surface area contributed by atoms with Gasteiger partial charge in [-0.1, -0.05) is 33.6 Å². The summed E-state index contributed by atoms with van der Waals surface area (Å²) in [6, 6.07) is 0. The molecule has 118 valence electrons. The maximum Gasteiger partial charge on any atom is 0.0334 e. The van der Waals surface area contributed by atoms with E-state index in [1.165, 1.54) is 76.1 Å². The summed E-state index contributed by atoms with van der Waals surface area (Å²) in [5, 5.41) is 3.95. The van der Waals surface area contributed by atoms with Crippen molar-refractivity contribution in [3.8, 4) is 0 Å². The zero-order valence-electron chi connectivity index (χ0n) is 13.8. The fourth-order valence-electron chi connectivity index (χ4n) is 4.12. The summed E-state index contributed by atoms with van der Waals surface area (Å²) < 4.78 is 0. The highest BCUT2D eigenvalue weighted by Gasteiger charge is 2.46. The number of nitrogens with zero attached hydrogens (tertiary/aromatic N) is 1. The van der Waals surface area contributed by atoms with E-state index in [9.17, 15) is 0 Å². The first-order valence-corrected chi connectivity index (χ1v) is 9.93. The SMILES string of the molecule is CCSCCCN1CC(CC)(CC)NCC12CCCC2. The quantitative estimate of drug-likeness (QED) is 0.718. The van der Waals surface area contributed by atoms with Crippen LogP contribution in [0.3, 0.4) is 0 Å². The maximum absolute atomic E-state index is 3.95. The van der Waals surface area contributed by atoms with Gasteiger partial charge in [-0.2, -0.15) is 11.8 Å². The number of nitrogens with one attached hydrogen (secondary N) is 1. The Kier molecular flexibility index (Phi) is 6.25. The number of thioether (sulfide) groups is 1. The van der Waals surface area contributed by atoms with E-state index in [0.717, 1.165) is 0 Å². The van der Waals surface area contributed by atoms with Crippen LogP contribution in [0.1, 0.15) is 65.7 Å². The van der Waals surface area contributed by atoms with Crippen LogP contribution >= 0.6 is 11.8 Å². The number of rotatable bonds is 7. The van der Waals surface area contributed by atoms with Crippen molar-refractivity contribution in [1.29, 1.82) is 0 Å². The van der Waals surface area contributed by atoms with E-state index in [0.29, 0.717) is 11.1 Å². The molecule has 1 saturated heterocycles. The summed E-state index contributed by atoms with van der Waals surface area (Å²) in [5.41, 5.74) is 0.885. The zero-order chi connectivity index (χ0) is 14.5. The molecule has 0 amide bonds. The summed E-state index contributed by atoms with van der Waals surface area (Å²) in [6.45, 7) is 10.8. The Hall–Kier alpha value is 0.270. The third-order valence-corrected chi connectivity index (χ3v) is 6.75. The fraction of sp³-hybridized carbons (Fsp3) is 1.00. The molecule has 2 aliphatic rings. The van der Waals surface area contributed by atoms with Crippen LogP contribution < -0.4 is 5.32 Å². The summed E-state index contributed by atoms with van der Waals surface area (Å²) in [5.74, 6) is 2.60. The Morgan fingerprint density at radius 1 is 1.10 bits per heavy atom. The average Bonchev–Trinajstić information content (AvgIpc) is 2.95. The maximum atomic E-state index is 3.95. The minimum atomic E-state index is 0.381. The molecule has 0 bridgehead atoms. The first-order valence-electron chi connectivity index (χ1n) is 8.78. The van der Waals surface area contributed by atoms with Crippen molar-refractivity contribution >= 4 is 11.8 Å². The van der Waals surface area contributed by atoms with Crippen LogP contribution in [0.2, 0.25) is 0 Å². The van der Waals surface area contributed by atoms with Crippen molar-refractivity contribution < 1.29 is 0 Å². The van der Waals surface area contributed by atoms with E-state index in [2.05, 4.69) is 42.7 Å². The molecule has 0 aromatic rings. The Morgan fingerprint density at radius 2 is 1.80 bits per heavy atom. The molecule has 0 aromatic heterocycles. The van der Waals surface area contributed by atoms with Crippen molar-refractivity contribution in [2.24, 2.45) is 0 Å². The molecule has 0 radical (unpaired) electrons. The highest BCUT2D eigenvalue weighted by atomic mass is 32.2. The zero-order valence-corrected chi connectivity index (χ0v) is 14.7. The van der Waals surface area contributed by atoms with E-state index >= 15 is 0 Å². The van der Waals surface area contributed by atoms with Gasteiger partial charge in [0.05, 0.1) is 0 Å². The Morgan fingerprint density at radius 3 is 2.40 bits per heavy atom. The van der Waals surface area contributed by atoms with Gasteiger partial charge in [-0.05, 0) is 50.2 Å². The Labute approximate surface area is 130 Å². The van der Waals surface area contributed by atoms with Gasteiger partial charge in [-0.25, -0.2) is 0 Å². The molecule has 20 heavy (non-hydrogen) atoms. The molecule has 1 heterocycles. The molecule has 0 unspecified atom stereocenters. The molecular formula is C17H34N2S. The van der Waals surface area contributed by atoms with Crippen molar-refractivity contribution in [2.45, 2.75) is 76.8 Å². The topological polar surface area (TPSA) is 15.3 Å². The van der Waals surface area contributed by atoms with Crippen molar-refractivity contribution in [2.75, 3.05) is 31.1 Å².